The fourth-order valence-electron chi connectivity index (χ4n) is 0.624. The van der Waals surface area contributed by atoms with Gasteiger partial charge in [-0.15, -0.1) is 4.52 Å². The Labute approximate surface area is 65.8 Å². The molecule has 1 aliphatic rings. The first-order chi connectivity index (χ1) is 5.33. The highest BCUT2D eigenvalue weighted by Crippen LogP contribution is 2.25. The van der Waals surface area contributed by atoms with Crippen molar-refractivity contribution in [2.24, 2.45) is 0 Å². The minimum Gasteiger partial charge on any atom is -0.329 e. The Kier molecular flexibility index (Phi) is 3.08. The molecular weight excluding hydrogens is 165 g/mol. The third kappa shape index (κ3) is 2.70. The maximum atomic E-state index is 10.7. The lowest BCUT2D eigenvalue weighted by Crippen LogP contribution is -2.08. The van der Waals surface area contributed by atoms with E-state index in [0.29, 0.717) is 5.88 Å². The van der Waals surface area contributed by atoms with Gasteiger partial charge in [0.15, 0.2) is 0 Å². The zero-order valence-corrected chi connectivity index (χ0v) is 7.01. The predicted molar refractivity (Wildman–Crippen MR) is 40.7 cm³/mol. The third-order valence-electron chi connectivity index (χ3n) is 1.10. The van der Waals surface area contributed by atoms with Crippen molar-refractivity contribution >= 4 is 8.25 Å². The number of allylic oxidation sites excluding steroid dienone is 2. The molecule has 1 unspecified atom stereocenters. The van der Waals surface area contributed by atoms with Crippen LogP contribution < -0.4 is 5.32 Å². The molecule has 1 rings (SSSR count). The van der Waals surface area contributed by atoms with Crippen molar-refractivity contribution in [3.63, 3.8) is 0 Å². The van der Waals surface area contributed by atoms with Gasteiger partial charge in [-0.2, -0.15) is 0 Å². The van der Waals surface area contributed by atoms with Gasteiger partial charge in [0.2, 0.25) is 0 Å². The molecule has 5 heteroatoms. The summed E-state index contributed by atoms with van der Waals surface area (Å²) in [5.41, 5.74) is 0. The van der Waals surface area contributed by atoms with Gasteiger partial charge in [0.1, 0.15) is 0 Å². The summed E-state index contributed by atoms with van der Waals surface area (Å²) in [4.78, 5) is 0. The topological polar surface area (TPSA) is 47.6 Å². The highest BCUT2D eigenvalue weighted by atomic mass is 31.1. The number of hydrogen-bond donors (Lipinski definition) is 1. The molecule has 0 saturated heterocycles. The van der Waals surface area contributed by atoms with Gasteiger partial charge in [-0.25, -0.2) is 4.52 Å². The number of nitrogens with one attached hydrogen (secondary N) is 1. The smallest absolute Gasteiger partial charge is 0.329 e. The molecule has 0 aromatic rings. The minimum atomic E-state index is -2.02. The average Bonchev–Trinajstić information content (AvgIpc) is 2.06. The van der Waals surface area contributed by atoms with Crippen LogP contribution in [0.25, 0.3) is 0 Å². The van der Waals surface area contributed by atoms with E-state index in [1.165, 1.54) is 7.11 Å². The van der Waals surface area contributed by atoms with Gasteiger partial charge in [0.25, 0.3) is 5.88 Å². The average molecular weight is 174 g/mol. The molecular formula is C6H9NO3P+. The van der Waals surface area contributed by atoms with Gasteiger partial charge in [0.05, 0.1) is 7.11 Å². The van der Waals surface area contributed by atoms with E-state index in [9.17, 15) is 4.57 Å². The molecule has 0 aromatic heterocycles. The molecule has 1 aliphatic heterocycles. The quantitative estimate of drug-likeness (QED) is 0.661. The van der Waals surface area contributed by atoms with E-state index in [0.717, 1.165) is 6.42 Å². The van der Waals surface area contributed by atoms with Gasteiger partial charge in [0, 0.05) is 10.8 Å². The Morgan fingerprint density at radius 1 is 1.73 bits per heavy atom. The van der Waals surface area contributed by atoms with E-state index in [2.05, 4.69) is 9.84 Å². The summed E-state index contributed by atoms with van der Waals surface area (Å²) >= 11 is 0. The van der Waals surface area contributed by atoms with Gasteiger partial charge >= 0.3 is 8.25 Å². The molecule has 1 N–H and O–H groups in total. The maximum Gasteiger partial charge on any atom is 0.751 e. The van der Waals surface area contributed by atoms with Crippen LogP contribution in [0.2, 0.25) is 0 Å². The van der Waals surface area contributed by atoms with E-state index in [-0.39, 0.29) is 0 Å². The van der Waals surface area contributed by atoms with Crippen LogP contribution in [-0.2, 0) is 13.6 Å². The van der Waals surface area contributed by atoms with Crippen LogP contribution in [0, 0.1) is 0 Å². The first-order valence-electron chi connectivity index (χ1n) is 3.14. The molecule has 11 heavy (non-hydrogen) atoms. The van der Waals surface area contributed by atoms with Gasteiger partial charge < -0.3 is 5.32 Å². The molecule has 0 saturated carbocycles. The molecule has 0 aromatic carbocycles. The standard InChI is InChI=1S/C6H9NO3P/c1-9-11(8)10-6-4-2-3-5-7-6/h3-5,7H,2H2,1H3/q+1. The summed E-state index contributed by atoms with van der Waals surface area (Å²) in [6, 6.07) is 0. The summed E-state index contributed by atoms with van der Waals surface area (Å²) < 4.78 is 19.9. The number of hydrogen-bond acceptors (Lipinski definition) is 4. The zero-order chi connectivity index (χ0) is 8.10. The lowest BCUT2D eigenvalue weighted by molar-refractivity contribution is 0.297. The van der Waals surface area contributed by atoms with Crippen LogP contribution in [0.4, 0.5) is 0 Å². The summed E-state index contributed by atoms with van der Waals surface area (Å²) in [6.07, 6.45) is 6.22. The Bertz CT molecular complexity index is 212. The van der Waals surface area contributed by atoms with Crippen LogP contribution in [0.1, 0.15) is 6.42 Å². The van der Waals surface area contributed by atoms with Crippen molar-refractivity contribution in [3.05, 3.63) is 24.2 Å². The number of dihydropyridines is 1. The van der Waals surface area contributed by atoms with Crippen LogP contribution >= 0.6 is 8.25 Å². The Morgan fingerprint density at radius 2 is 2.55 bits per heavy atom. The second-order valence-corrected chi connectivity index (χ2v) is 2.84. The first kappa shape index (κ1) is 8.24. The van der Waals surface area contributed by atoms with E-state index in [1.807, 2.05) is 6.08 Å². The van der Waals surface area contributed by atoms with Crippen molar-refractivity contribution in [3.8, 4) is 0 Å². The Hall–Kier alpha value is -0.860. The first-order valence-corrected chi connectivity index (χ1v) is 4.23. The SMILES string of the molecule is CO[P+](=O)OC1=CCC=CN1. The highest BCUT2D eigenvalue weighted by Gasteiger charge is 2.20. The molecule has 0 amide bonds. The van der Waals surface area contributed by atoms with Crippen LogP contribution in [0.3, 0.4) is 0 Å². The van der Waals surface area contributed by atoms with E-state index >= 15 is 0 Å². The monoisotopic (exact) mass is 174 g/mol. The molecule has 1 atom stereocenters. The largest absolute Gasteiger partial charge is 0.751 e. The molecule has 0 bridgehead atoms. The van der Waals surface area contributed by atoms with E-state index in [4.69, 9.17) is 4.52 Å². The van der Waals surface area contributed by atoms with E-state index < -0.39 is 8.25 Å². The lowest BCUT2D eigenvalue weighted by atomic mass is 10.3. The normalized spacial score (nSPS) is 16.8. The van der Waals surface area contributed by atoms with Crippen molar-refractivity contribution in [2.45, 2.75) is 6.42 Å². The van der Waals surface area contributed by atoms with Gasteiger partial charge in [-0.3, -0.25) is 0 Å². The van der Waals surface area contributed by atoms with Crippen LogP contribution in [-0.4, -0.2) is 7.11 Å². The second kappa shape index (κ2) is 4.11. The Balaban J connectivity index is 2.37. The summed E-state index contributed by atoms with van der Waals surface area (Å²) in [5.74, 6) is 0.482. The van der Waals surface area contributed by atoms with Crippen LogP contribution in [0.5, 0.6) is 0 Å². The molecule has 4 nitrogen and oxygen atoms in total. The Morgan fingerprint density at radius 3 is 3.09 bits per heavy atom. The number of rotatable bonds is 3. The molecule has 60 valence electrons. The van der Waals surface area contributed by atoms with Crippen LogP contribution in [0.15, 0.2) is 24.2 Å². The molecule has 1 heterocycles. The van der Waals surface area contributed by atoms with Gasteiger partial charge in [-0.1, -0.05) is 6.08 Å². The summed E-state index contributed by atoms with van der Waals surface area (Å²) in [5, 5.41) is 2.78. The maximum absolute atomic E-state index is 10.7. The summed E-state index contributed by atoms with van der Waals surface area (Å²) in [6.45, 7) is 0. The molecule has 0 radical (unpaired) electrons. The predicted octanol–water partition coefficient (Wildman–Crippen LogP) is 1.66. The van der Waals surface area contributed by atoms with Crippen molar-refractivity contribution in [1.29, 1.82) is 0 Å². The molecule has 0 fully saturated rings. The molecule has 0 aliphatic carbocycles. The van der Waals surface area contributed by atoms with Gasteiger partial charge in [-0.05, 0) is 12.5 Å². The summed E-state index contributed by atoms with van der Waals surface area (Å²) in [7, 11) is -0.685. The fraction of sp³-hybridized carbons (Fsp3) is 0.333. The van der Waals surface area contributed by atoms with Crippen molar-refractivity contribution < 1.29 is 13.6 Å². The van der Waals surface area contributed by atoms with Crippen molar-refractivity contribution in [1.82, 2.24) is 5.32 Å². The fourth-order valence-corrected chi connectivity index (χ4v) is 0.987. The lowest BCUT2D eigenvalue weighted by Gasteiger charge is -2.01. The zero-order valence-electron chi connectivity index (χ0n) is 6.11. The van der Waals surface area contributed by atoms with E-state index in [1.54, 1.807) is 12.3 Å². The second-order valence-electron chi connectivity index (χ2n) is 1.85. The molecule has 0 spiro atoms. The third-order valence-corrected chi connectivity index (χ3v) is 1.75. The van der Waals surface area contributed by atoms with Crippen molar-refractivity contribution in [2.75, 3.05) is 7.11 Å². The minimum absolute atomic E-state index is 0.482. The highest BCUT2D eigenvalue weighted by molar-refractivity contribution is 7.33.